The van der Waals surface area contributed by atoms with E-state index in [-0.39, 0.29) is 24.1 Å². The molecule has 2 bridgehead atoms. The van der Waals surface area contributed by atoms with Gasteiger partial charge in [-0.1, -0.05) is 29.8 Å². The van der Waals surface area contributed by atoms with Crippen molar-refractivity contribution in [1.29, 1.82) is 0 Å². The van der Waals surface area contributed by atoms with Crippen molar-refractivity contribution in [2.45, 2.75) is 56.5 Å². The van der Waals surface area contributed by atoms with Gasteiger partial charge in [0.05, 0.1) is 12.1 Å². The Kier molecular flexibility index (Phi) is 6.95. The van der Waals surface area contributed by atoms with Crippen LogP contribution in [0, 0.1) is 0 Å². The number of nitrogens with zero attached hydrogens (tertiary/aromatic N) is 1. The first-order valence-corrected chi connectivity index (χ1v) is 11.3. The Morgan fingerprint density at radius 2 is 1.70 bits per heavy atom. The maximum Gasteiger partial charge on any atom is 0.416 e. The van der Waals surface area contributed by atoms with Crippen molar-refractivity contribution in [2.75, 3.05) is 6.54 Å². The average molecular weight is 480 g/mol. The third-order valence-electron chi connectivity index (χ3n) is 6.39. The molecule has 0 spiro atoms. The minimum atomic E-state index is -4.53. The Bertz CT molecular complexity index is 999. The van der Waals surface area contributed by atoms with Gasteiger partial charge in [0.1, 0.15) is 0 Å². The van der Waals surface area contributed by atoms with E-state index < -0.39 is 17.6 Å². The van der Waals surface area contributed by atoms with Gasteiger partial charge in [-0.2, -0.15) is 13.2 Å². The van der Waals surface area contributed by atoms with Crippen LogP contribution in [0.1, 0.15) is 47.2 Å². The van der Waals surface area contributed by atoms with E-state index in [1.54, 1.807) is 0 Å². The van der Waals surface area contributed by atoms with E-state index in [2.05, 4.69) is 15.5 Å². The number of hydrogen-bond acceptors (Lipinski definition) is 3. The first-order chi connectivity index (χ1) is 15.7. The predicted molar refractivity (Wildman–Crippen MR) is 119 cm³/mol. The third-order valence-corrected chi connectivity index (χ3v) is 6.64. The molecule has 2 aromatic rings. The number of piperidine rings is 1. The van der Waals surface area contributed by atoms with E-state index in [4.69, 9.17) is 11.6 Å². The summed E-state index contributed by atoms with van der Waals surface area (Å²) in [5.74, 6) is -1.06. The Hall–Kier alpha value is -2.58. The molecule has 2 aliphatic heterocycles. The number of rotatable bonds is 6. The van der Waals surface area contributed by atoms with Crippen LogP contribution in [-0.4, -0.2) is 41.4 Å². The van der Waals surface area contributed by atoms with E-state index in [0.717, 1.165) is 44.4 Å². The molecule has 2 aliphatic rings. The number of halogens is 4. The summed E-state index contributed by atoms with van der Waals surface area (Å²) in [6, 6.07) is 12.8. The lowest BCUT2D eigenvalue weighted by molar-refractivity contribution is -0.137. The van der Waals surface area contributed by atoms with Crippen LogP contribution in [0.2, 0.25) is 5.02 Å². The topological polar surface area (TPSA) is 61.4 Å². The van der Waals surface area contributed by atoms with Gasteiger partial charge in [0.2, 0.25) is 5.91 Å². The number of alkyl halides is 3. The standard InChI is InChI=1S/C24H25ClF3N3O2/c25-18-6-4-15(5-7-18)14-31-20-8-9-21(31)12-19(11-20)30-22(32)13-29-23(33)16-2-1-3-17(10-16)24(26,27)28/h1-7,10,19-21H,8-9,11-14H2,(H,29,33)(H,30,32). The molecule has 176 valence electrons. The maximum absolute atomic E-state index is 12.8. The molecule has 4 rings (SSSR count). The van der Waals surface area contributed by atoms with Gasteiger partial charge in [0.15, 0.2) is 0 Å². The second-order valence-electron chi connectivity index (χ2n) is 8.68. The van der Waals surface area contributed by atoms with Crippen LogP contribution in [-0.2, 0) is 17.5 Å². The zero-order chi connectivity index (χ0) is 23.6. The van der Waals surface area contributed by atoms with Crippen molar-refractivity contribution in [2.24, 2.45) is 0 Å². The zero-order valence-corrected chi connectivity index (χ0v) is 18.6. The lowest BCUT2D eigenvalue weighted by Crippen LogP contribution is -2.51. The Labute approximate surface area is 195 Å². The number of hydrogen-bond donors (Lipinski definition) is 2. The molecule has 0 aromatic heterocycles. The molecule has 2 heterocycles. The second-order valence-corrected chi connectivity index (χ2v) is 9.12. The van der Waals surface area contributed by atoms with E-state index in [1.165, 1.54) is 17.7 Å². The molecule has 5 nitrogen and oxygen atoms in total. The van der Waals surface area contributed by atoms with Crippen molar-refractivity contribution in [3.8, 4) is 0 Å². The quantitative estimate of drug-likeness (QED) is 0.645. The highest BCUT2D eigenvalue weighted by molar-refractivity contribution is 6.30. The fourth-order valence-corrected chi connectivity index (χ4v) is 4.95. The fraction of sp³-hybridized carbons (Fsp3) is 0.417. The Balaban J connectivity index is 1.26. The van der Waals surface area contributed by atoms with Crippen molar-refractivity contribution in [3.05, 3.63) is 70.2 Å². The smallest absolute Gasteiger partial charge is 0.352 e. The third kappa shape index (κ3) is 5.86. The molecule has 33 heavy (non-hydrogen) atoms. The highest BCUT2D eigenvalue weighted by Gasteiger charge is 2.40. The number of carbonyl (C=O) groups is 2. The zero-order valence-electron chi connectivity index (χ0n) is 17.9. The summed E-state index contributed by atoms with van der Waals surface area (Å²) in [6.45, 7) is 0.565. The van der Waals surface area contributed by atoms with Crippen LogP contribution < -0.4 is 10.6 Å². The van der Waals surface area contributed by atoms with Crippen LogP contribution in [0.15, 0.2) is 48.5 Å². The summed E-state index contributed by atoms with van der Waals surface area (Å²) in [6.07, 6.45) is -0.710. The number of nitrogens with one attached hydrogen (secondary N) is 2. The molecular weight excluding hydrogens is 455 g/mol. The van der Waals surface area contributed by atoms with E-state index in [1.807, 2.05) is 24.3 Å². The van der Waals surface area contributed by atoms with Crippen molar-refractivity contribution in [3.63, 3.8) is 0 Å². The molecule has 2 saturated heterocycles. The van der Waals surface area contributed by atoms with E-state index in [0.29, 0.717) is 17.1 Å². The van der Waals surface area contributed by atoms with E-state index in [9.17, 15) is 22.8 Å². The first-order valence-electron chi connectivity index (χ1n) is 10.9. The molecule has 2 amide bonds. The molecule has 0 radical (unpaired) electrons. The minimum absolute atomic E-state index is 0.0157. The molecule has 0 aliphatic carbocycles. The predicted octanol–water partition coefficient (Wildman–Crippen LogP) is 4.40. The van der Waals surface area contributed by atoms with Gasteiger partial charge in [-0.3, -0.25) is 14.5 Å². The lowest BCUT2D eigenvalue weighted by Gasteiger charge is -2.39. The fourth-order valence-electron chi connectivity index (χ4n) is 4.83. The summed E-state index contributed by atoms with van der Waals surface area (Å²) < 4.78 is 38.5. The van der Waals surface area contributed by atoms with Gasteiger partial charge in [-0.05, 0) is 61.6 Å². The summed E-state index contributed by atoms with van der Waals surface area (Å²) in [4.78, 5) is 27.1. The first kappa shape index (κ1) is 23.6. The molecule has 2 N–H and O–H groups in total. The van der Waals surface area contributed by atoms with Gasteiger partial charge < -0.3 is 10.6 Å². The van der Waals surface area contributed by atoms with Gasteiger partial charge in [-0.25, -0.2) is 0 Å². The monoisotopic (exact) mass is 479 g/mol. The van der Waals surface area contributed by atoms with Crippen molar-refractivity contribution >= 4 is 23.4 Å². The number of fused-ring (bicyclic) bond motifs is 2. The van der Waals surface area contributed by atoms with Crippen LogP contribution >= 0.6 is 11.6 Å². The molecular formula is C24H25ClF3N3O2. The number of carbonyl (C=O) groups excluding carboxylic acids is 2. The van der Waals surface area contributed by atoms with Gasteiger partial charge in [0, 0.05) is 35.3 Å². The van der Waals surface area contributed by atoms with Crippen molar-refractivity contribution in [1.82, 2.24) is 15.5 Å². The molecule has 9 heteroatoms. The van der Waals surface area contributed by atoms with Crippen LogP contribution in [0.25, 0.3) is 0 Å². The largest absolute Gasteiger partial charge is 0.416 e. The van der Waals surface area contributed by atoms with Crippen LogP contribution in [0.5, 0.6) is 0 Å². The highest BCUT2D eigenvalue weighted by atomic mass is 35.5. The lowest BCUT2D eigenvalue weighted by atomic mass is 9.96. The SMILES string of the molecule is O=C(CNC(=O)c1cccc(C(F)(F)F)c1)NC1CC2CCC(C1)N2Cc1ccc(Cl)cc1. The number of benzene rings is 2. The molecule has 2 unspecified atom stereocenters. The molecule has 2 aromatic carbocycles. The van der Waals surface area contributed by atoms with Crippen LogP contribution in [0.4, 0.5) is 13.2 Å². The van der Waals surface area contributed by atoms with Crippen LogP contribution in [0.3, 0.4) is 0 Å². The van der Waals surface area contributed by atoms with Crippen molar-refractivity contribution < 1.29 is 22.8 Å². The molecule has 2 atom stereocenters. The summed E-state index contributed by atoms with van der Waals surface area (Å²) in [7, 11) is 0. The summed E-state index contributed by atoms with van der Waals surface area (Å²) >= 11 is 5.97. The molecule has 0 saturated carbocycles. The number of amides is 2. The van der Waals surface area contributed by atoms with Gasteiger partial charge in [-0.15, -0.1) is 0 Å². The highest BCUT2D eigenvalue weighted by Crippen LogP contribution is 2.37. The summed E-state index contributed by atoms with van der Waals surface area (Å²) in [5, 5.41) is 6.10. The van der Waals surface area contributed by atoms with E-state index >= 15 is 0 Å². The Morgan fingerprint density at radius 3 is 2.33 bits per heavy atom. The molecule has 2 fully saturated rings. The van der Waals surface area contributed by atoms with Gasteiger partial charge >= 0.3 is 6.18 Å². The minimum Gasteiger partial charge on any atom is -0.352 e. The van der Waals surface area contributed by atoms with Gasteiger partial charge in [0.25, 0.3) is 5.91 Å². The Morgan fingerprint density at radius 1 is 1.03 bits per heavy atom. The second kappa shape index (κ2) is 9.73. The normalized spacial score (nSPS) is 22.7. The average Bonchev–Trinajstić information content (AvgIpc) is 3.00. The summed E-state index contributed by atoms with van der Waals surface area (Å²) in [5.41, 5.74) is 0.169. The maximum atomic E-state index is 12.8.